The van der Waals surface area contributed by atoms with E-state index in [1.165, 1.54) is 17.6 Å². The van der Waals surface area contributed by atoms with Gasteiger partial charge in [0.2, 0.25) is 0 Å². The van der Waals surface area contributed by atoms with Crippen molar-refractivity contribution >= 4 is 34.7 Å². The smallest absolute Gasteiger partial charge is 0.358 e. The average Bonchev–Trinajstić information content (AvgIpc) is 3.31. The number of nitrogens with zero attached hydrogens (tertiary/aromatic N) is 2. The van der Waals surface area contributed by atoms with Crippen LogP contribution in [0, 0.1) is 6.92 Å². The number of anilines is 1. The molecule has 0 bridgehead atoms. The summed E-state index contributed by atoms with van der Waals surface area (Å²) in [4.78, 5) is 21.9. The second kappa shape index (κ2) is 6.84. The summed E-state index contributed by atoms with van der Waals surface area (Å²) in [5.74, 6) is 0.980. The molecule has 1 N–H and O–H groups in total. The topological polar surface area (TPSA) is 64.1 Å². The minimum absolute atomic E-state index is 0.139. The van der Waals surface area contributed by atoms with Gasteiger partial charge < -0.3 is 10.1 Å². The van der Waals surface area contributed by atoms with Crippen LogP contribution in [0.4, 0.5) is 5.82 Å². The maximum atomic E-state index is 11.9. The molecular formula is C16H18ClN3O2S. The molecule has 0 spiro atoms. The summed E-state index contributed by atoms with van der Waals surface area (Å²) in [6.07, 6.45) is 2.98. The first kappa shape index (κ1) is 16.2. The predicted molar refractivity (Wildman–Crippen MR) is 91.6 cm³/mol. The number of halogens is 1. The molecule has 2 aromatic heterocycles. The highest BCUT2D eigenvalue weighted by atomic mass is 35.5. The van der Waals surface area contributed by atoms with Crippen molar-refractivity contribution in [1.82, 2.24) is 9.97 Å². The molecule has 2 heterocycles. The van der Waals surface area contributed by atoms with Crippen molar-refractivity contribution in [1.29, 1.82) is 0 Å². The molecule has 23 heavy (non-hydrogen) atoms. The number of nitrogens with one attached hydrogen (secondary N) is 1. The molecule has 0 aliphatic heterocycles. The van der Waals surface area contributed by atoms with Crippen molar-refractivity contribution in [2.75, 3.05) is 19.0 Å². The molecule has 7 heteroatoms. The Morgan fingerprint density at radius 3 is 2.87 bits per heavy atom. The third kappa shape index (κ3) is 3.82. The van der Waals surface area contributed by atoms with Gasteiger partial charge in [0, 0.05) is 17.3 Å². The van der Waals surface area contributed by atoms with Gasteiger partial charge in [0.15, 0.2) is 5.69 Å². The molecule has 2 aromatic rings. The second-order valence-electron chi connectivity index (χ2n) is 5.63. The number of hydrogen-bond donors (Lipinski definition) is 1. The highest BCUT2D eigenvalue weighted by molar-refractivity contribution is 7.10. The van der Waals surface area contributed by atoms with Crippen molar-refractivity contribution in [3.63, 3.8) is 0 Å². The summed E-state index contributed by atoms with van der Waals surface area (Å²) < 4.78 is 4.76. The lowest BCUT2D eigenvalue weighted by Crippen LogP contribution is -2.13. The van der Waals surface area contributed by atoms with Crippen LogP contribution in [0.2, 0.25) is 5.02 Å². The Kier molecular flexibility index (Phi) is 4.82. The zero-order chi connectivity index (χ0) is 16.4. The normalized spacial score (nSPS) is 13.9. The summed E-state index contributed by atoms with van der Waals surface area (Å²) in [7, 11) is 1.32. The van der Waals surface area contributed by atoms with Gasteiger partial charge in [0.25, 0.3) is 0 Å². The molecule has 0 unspecified atom stereocenters. The Hall–Kier alpha value is -1.66. The lowest BCUT2D eigenvalue weighted by molar-refractivity contribution is 0.0593. The number of hydrogen-bond acceptors (Lipinski definition) is 6. The minimum Gasteiger partial charge on any atom is -0.464 e. The molecule has 5 nitrogen and oxygen atoms in total. The van der Waals surface area contributed by atoms with Gasteiger partial charge in [-0.05, 0) is 43.2 Å². The maximum absolute atomic E-state index is 11.9. The Balaban J connectivity index is 1.76. The van der Waals surface area contributed by atoms with Crippen LogP contribution in [0.5, 0.6) is 0 Å². The van der Waals surface area contributed by atoms with Gasteiger partial charge in [0.05, 0.1) is 7.11 Å². The van der Waals surface area contributed by atoms with E-state index in [9.17, 15) is 4.79 Å². The van der Waals surface area contributed by atoms with Gasteiger partial charge in [0.1, 0.15) is 16.7 Å². The van der Waals surface area contributed by atoms with E-state index in [1.807, 2.05) is 0 Å². The lowest BCUT2D eigenvalue weighted by atomic mass is 10.3. The molecule has 3 rings (SSSR count). The van der Waals surface area contributed by atoms with Crippen LogP contribution in [0.15, 0.2) is 11.4 Å². The van der Waals surface area contributed by atoms with Gasteiger partial charge >= 0.3 is 5.97 Å². The summed E-state index contributed by atoms with van der Waals surface area (Å²) in [6, 6.07) is 2.17. The van der Waals surface area contributed by atoms with Crippen LogP contribution < -0.4 is 5.32 Å². The molecule has 0 saturated heterocycles. The van der Waals surface area contributed by atoms with Crippen molar-refractivity contribution < 1.29 is 9.53 Å². The highest BCUT2D eigenvalue weighted by Crippen LogP contribution is 2.39. The number of aryl methyl sites for hydroxylation is 1. The Labute approximate surface area is 144 Å². The van der Waals surface area contributed by atoms with E-state index in [0.29, 0.717) is 24.1 Å². The molecule has 0 aromatic carbocycles. The van der Waals surface area contributed by atoms with Gasteiger partial charge in [-0.2, -0.15) is 0 Å². The van der Waals surface area contributed by atoms with E-state index in [4.69, 9.17) is 16.3 Å². The zero-order valence-electron chi connectivity index (χ0n) is 13.1. The third-order valence-electron chi connectivity index (χ3n) is 3.64. The first-order valence-electron chi connectivity index (χ1n) is 7.52. The Morgan fingerprint density at radius 2 is 2.26 bits per heavy atom. The van der Waals surface area contributed by atoms with Crippen LogP contribution in [-0.4, -0.2) is 29.6 Å². The highest BCUT2D eigenvalue weighted by Gasteiger charge is 2.30. The first-order valence-corrected chi connectivity index (χ1v) is 8.78. The zero-order valence-corrected chi connectivity index (χ0v) is 14.6. The maximum Gasteiger partial charge on any atom is 0.358 e. The van der Waals surface area contributed by atoms with Crippen LogP contribution in [0.3, 0.4) is 0 Å². The fraction of sp³-hybridized carbons (Fsp3) is 0.438. The monoisotopic (exact) mass is 351 g/mol. The SMILES string of the molecule is COC(=O)c1nc(C2CC2)nc(NCCc2cc(C)cs2)c1Cl. The molecule has 122 valence electrons. The Morgan fingerprint density at radius 1 is 1.48 bits per heavy atom. The van der Waals surface area contributed by atoms with Crippen molar-refractivity contribution in [2.24, 2.45) is 0 Å². The fourth-order valence-corrected chi connectivity index (χ4v) is 3.37. The van der Waals surface area contributed by atoms with Crippen molar-refractivity contribution in [3.8, 4) is 0 Å². The Bertz CT molecular complexity index is 728. The second-order valence-corrected chi connectivity index (χ2v) is 7.00. The fourth-order valence-electron chi connectivity index (χ4n) is 2.26. The average molecular weight is 352 g/mol. The summed E-state index contributed by atoms with van der Waals surface area (Å²) in [5.41, 5.74) is 1.41. The number of methoxy groups -OCH3 is 1. The first-order chi connectivity index (χ1) is 11.1. The molecule has 1 aliphatic carbocycles. The number of carbonyl (C=O) groups is 1. The molecular weight excluding hydrogens is 334 g/mol. The standard InChI is InChI=1S/C16H18ClN3O2S/c1-9-7-11(23-8-9)5-6-18-15-12(17)13(16(21)22-2)19-14(20-15)10-3-4-10/h7-8,10H,3-6H2,1-2H3,(H,18,19,20). The van der Waals surface area contributed by atoms with Crippen LogP contribution in [0.1, 0.15) is 45.5 Å². The number of thiophene rings is 1. The van der Waals surface area contributed by atoms with E-state index in [1.54, 1.807) is 11.3 Å². The van der Waals surface area contributed by atoms with E-state index < -0.39 is 5.97 Å². The van der Waals surface area contributed by atoms with E-state index in [0.717, 1.165) is 19.3 Å². The summed E-state index contributed by atoms with van der Waals surface area (Å²) in [5, 5.41) is 5.59. The summed E-state index contributed by atoms with van der Waals surface area (Å²) >= 11 is 8.02. The van der Waals surface area contributed by atoms with E-state index in [-0.39, 0.29) is 10.7 Å². The van der Waals surface area contributed by atoms with Gasteiger partial charge in [-0.1, -0.05) is 11.6 Å². The lowest BCUT2D eigenvalue weighted by Gasteiger charge is -2.11. The number of ether oxygens (including phenoxy) is 1. The number of esters is 1. The van der Waals surface area contributed by atoms with Crippen LogP contribution in [-0.2, 0) is 11.2 Å². The number of aromatic nitrogens is 2. The summed E-state index contributed by atoms with van der Waals surface area (Å²) in [6.45, 7) is 2.78. The van der Waals surface area contributed by atoms with Crippen LogP contribution in [0.25, 0.3) is 0 Å². The molecule has 0 radical (unpaired) electrons. The van der Waals surface area contributed by atoms with Gasteiger partial charge in [-0.3, -0.25) is 0 Å². The predicted octanol–water partition coefficient (Wildman–Crippen LogP) is 3.82. The molecule has 0 atom stereocenters. The molecule has 1 fully saturated rings. The largest absolute Gasteiger partial charge is 0.464 e. The van der Waals surface area contributed by atoms with E-state index in [2.05, 4.69) is 33.7 Å². The van der Waals surface area contributed by atoms with Gasteiger partial charge in [-0.15, -0.1) is 11.3 Å². The molecule has 0 amide bonds. The van der Waals surface area contributed by atoms with Crippen molar-refractivity contribution in [2.45, 2.75) is 32.1 Å². The third-order valence-corrected chi connectivity index (χ3v) is 5.11. The van der Waals surface area contributed by atoms with Crippen molar-refractivity contribution in [3.05, 3.63) is 38.4 Å². The van der Waals surface area contributed by atoms with E-state index >= 15 is 0 Å². The number of rotatable bonds is 6. The molecule has 1 saturated carbocycles. The molecule has 1 aliphatic rings. The minimum atomic E-state index is -0.531. The quantitative estimate of drug-likeness (QED) is 0.801. The van der Waals surface area contributed by atoms with Crippen LogP contribution >= 0.6 is 22.9 Å². The van der Waals surface area contributed by atoms with Gasteiger partial charge in [-0.25, -0.2) is 14.8 Å². The number of carbonyl (C=O) groups excluding carboxylic acids is 1.